The topological polar surface area (TPSA) is 75.3 Å². The molecule has 1 fully saturated rings. The summed E-state index contributed by atoms with van der Waals surface area (Å²) in [6.07, 6.45) is 1.06. The molecule has 3 rings (SSSR count). The first-order valence-electron chi connectivity index (χ1n) is 9.16. The van der Waals surface area contributed by atoms with Crippen molar-refractivity contribution in [3.05, 3.63) is 59.7 Å². The van der Waals surface area contributed by atoms with Gasteiger partial charge in [0.2, 0.25) is 11.8 Å². The van der Waals surface area contributed by atoms with E-state index in [2.05, 4.69) is 24.5 Å². The summed E-state index contributed by atoms with van der Waals surface area (Å²) < 4.78 is 0. The van der Waals surface area contributed by atoms with Crippen molar-refractivity contribution in [1.29, 1.82) is 0 Å². The van der Waals surface area contributed by atoms with E-state index >= 15 is 0 Å². The summed E-state index contributed by atoms with van der Waals surface area (Å²) in [6.45, 7) is 5.71. The third kappa shape index (κ3) is 4.08. The van der Waals surface area contributed by atoms with Crippen molar-refractivity contribution < 1.29 is 14.4 Å². The number of hydrogen-bond acceptors (Lipinski definition) is 3. The largest absolute Gasteiger partial charge is 0.325 e. The standard InChI is InChI=1S/C22H24N2O3/c1-14(2)16-4-8-18(9-5-16)23-20(26)22(12-13-22)21(27)24-19-10-6-17(7-11-19)15(3)25/h4-11,14H,12-13H2,1-3H3,(H,23,26)(H,24,27). The molecule has 5 nitrogen and oxygen atoms in total. The fourth-order valence-electron chi connectivity index (χ4n) is 2.92. The van der Waals surface area contributed by atoms with E-state index in [4.69, 9.17) is 0 Å². The summed E-state index contributed by atoms with van der Waals surface area (Å²) in [5.74, 6) is -0.203. The second-order valence-electron chi connectivity index (χ2n) is 7.40. The molecule has 1 saturated carbocycles. The van der Waals surface area contributed by atoms with Crippen LogP contribution < -0.4 is 10.6 Å². The summed E-state index contributed by atoms with van der Waals surface area (Å²) in [4.78, 5) is 36.7. The van der Waals surface area contributed by atoms with E-state index < -0.39 is 5.41 Å². The second kappa shape index (κ2) is 7.35. The number of carbonyl (C=O) groups excluding carboxylic acids is 3. The lowest BCUT2D eigenvalue weighted by atomic mass is 10.0. The van der Waals surface area contributed by atoms with E-state index in [1.807, 2.05) is 24.3 Å². The van der Waals surface area contributed by atoms with Gasteiger partial charge in [0.05, 0.1) is 0 Å². The zero-order valence-corrected chi connectivity index (χ0v) is 15.8. The lowest BCUT2D eigenvalue weighted by Crippen LogP contribution is -2.35. The molecule has 0 unspecified atom stereocenters. The van der Waals surface area contributed by atoms with Crippen molar-refractivity contribution in [3.8, 4) is 0 Å². The Labute approximate surface area is 159 Å². The molecule has 0 bridgehead atoms. The third-order valence-corrected chi connectivity index (χ3v) is 5.00. The first-order chi connectivity index (χ1) is 12.8. The lowest BCUT2D eigenvalue weighted by Gasteiger charge is -2.16. The predicted octanol–water partition coefficient (Wildman–Crippen LogP) is 4.37. The highest BCUT2D eigenvalue weighted by Crippen LogP contribution is 2.47. The zero-order chi connectivity index (χ0) is 19.6. The van der Waals surface area contributed by atoms with Crippen molar-refractivity contribution in [2.45, 2.75) is 39.5 Å². The van der Waals surface area contributed by atoms with Crippen LogP contribution in [-0.4, -0.2) is 17.6 Å². The normalized spacial score (nSPS) is 14.5. The van der Waals surface area contributed by atoms with Crippen LogP contribution in [0.2, 0.25) is 0 Å². The molecule has 5 heteroatoms. The number of anilines is 2. The Morgan fingerprint density at radius 1 is 0.815 bits per heavy atom. The summed E-state index contributed by atoms with van der Waals surface area (Å²) in [5, 5.41) is 5.65. The maximum Gasteiger partial charge on any atom is 0.240 e. The van der Waals surface area contributed by atoms with Crippen LogP contribution in [0, 0.1) is 5.41 Å². The summed E-state index contributed by atoms with van der Waals surface area (Å²) in [5.41, 5.74) is 2.02. The molecule has 140 valence electrons. The Hall–Kier alpha value is -2.95. The van der Waals surface area contributed by atoms with Crippen molar-refractivity contribution in [1.82, 2.24) is 0 Å². The average Bonchev–Trinajstić information content (AvgIpc) is 3.44. The number of benzene rings is 2. The molecule has 0 spiro atoms. The van der Waals surface area contributed by atoms with Gasteiger partial charge in [0, 0.05) is 16.9 Å². The molecule has 0 radical (unpaired) electrons. The third-order valence-electron chi connectivity index (χ3n) is 5.00. The monoisotopic (exact) mass is 364 g/mol. The number of Topliss-reactive ketones (excluding diaryl/α,β-unsaturated/α-hetero) is 1. The van der Waals surface area contributed by atoms with Gasteiger partial charge in [-0.15, -0.1) is 0 Å². The SMILES string of the molecule is CC(=O)c1ccc(NC(=O)C2(C(=O)Nc3ccc(C(C)C)cc3)CC2)cc1. The summed E-state index contributed by atoms with van der Waals surface area (Å²) in [7, 11) is 0. The van der Waals surface area contributed by atoms with E-state index in [9.17, 15) is 14.4 Å². The molecule has 1 aliphatic rings. The molecule has 0 aliphatic heterocycles. The van der Waals surface area contributed by atoms with E-state index in [1.165, 1.54) is 12.5 Å². The van der Waals surface area contributed by atoms with Crippen molar-refractivity contribution in [3.63, 3.8) is 0 Å². The molecule has 2 N–H and O–H groups in total. The highest BCUT2D eigenvalue weighted by atomic mass is 16.2. The lowest BCUT2D eigenvalue weighted by molar-refractivity contribution is -0.131. The minimum Gasteiger partial charge on any atom is -0.325 e. The predicted molar refractivity (Wildman–Crippen MR) is 106 cm³/mol. The van der Waals surface area contributed by atoms with E-state index in [-0.39, 0.29) is 17.6 Å². The summed E-state index contributed by atoms with van der Waals surface area (Å²) >= 11 is 0. The molecular weight excluding hydrogens is 340 g/mol. The van der Waals surface area contributed by atoms with Crippen LogP contribution in [0.1, 0.15) is 55.5 Å². The van der Waals surface area contributed by atoms with Gasteiger partial charge in [-0.25, -0.2) is 0 Å². The number of nitrogens with one attached hydrogen (secondary N) is 2. The molecule has 1 aliphatic carbocycles. The van der Waals surface area contributed by atoms with Gasteiger partial charge in [0.25, 0.3) is 0 Å². The molecule has 2 amide bonds. The van der Waals surface area contributed by atoms with Gasteiger partial charge in [-0.2, -0.15) is 0 Å². The van der Waals surface area contributed by atoms with Crippen LogP contribution in [0.5, 0.6) is 0 Å². The highest BCUT2D eigenvalue weighted by molar-refractivity contribution is 6.17. The Kier molecular flexibility index (Phi) is 5.13. The maximum absolute atomic E-state index is 12.7. The number of rotatable bonds is 6. The van der Waals surface area contributed by atoms with Gasteiger partial charge in [-0.1, -0.05) is 26.0 Å². The zero-order valence-electron chi connectivity index (χ0n) is 15.8. The van der Waals surface area contributed by atoms with E-state index in [0.717, 1.165) is 0 Å². The number of ketones is 1. The molecule has 0 heterocycles. The minimum atomic E-state index is -1.02. The first kappa shape index (κ1) is 18.8. The highest BCUT2D eigenvalue weighted by Gasteiger charge is 2.56. The van der Waals surface area contributed by atoms with E-state index in [0.29, 0.717) is 35.7 Å². The number of hydrogen-bond donors (Lipinski definition) is 2. The molecule has 2 aromatic rings. The average molecular weight is 364 g/mol. The van der Waals surface area contributed by atoms with Crippen molar-refractivity contribution in [2.75, 3.05) is 10.6 Å². The van der Waals surface area contributed by atoms with Crippen molar-refractivity contribution >= 4 is 29.0 Å². The molecule has 0 saturated heterocycles. The fraction of sp³-hybridized carbons (Fsp3) is 0.318. The second-order valence-corrected chi connectivity index (χ2v) is 7.40. The quantitative estimate of drug-likeness (QED) is 0.590. The van der Waals surface area contributed by atoms with Gasteiger partial charge in [0.15, 0.2) is 5.78 Å². The van der Waals surface area contributed by atoms with Crippen LogP contribution in [0.3, 0.4) is 0 Å². The van der Waals surface area contributed by atoms with Crippen LogP contribution in [0.15, 0.2) is 48.5 Å². The van der Waals surface area contributed by atoms with Gasteiger partial charge < -0.3 is 10.6 Å². The molecule has 0 atom stereocenters. The molecule has 27 heavy (non-hydrogen) atoms. The van der Waals surface area contributed by atoms with Crippen LogP contribution in [0.25, 0.3) is 0 Å². The number of carbonyl (C=O) groups is 3. The minimum absolute atomic E-state index is 0.0330. The number of amides is 2. The maximum atomic E-state index is 12.7. The Bertz CT molecular complexity index is 863. The van der Waals surface area contributed by atoms with Gasteiger partial charge >= 0.3 is 0 Å². The Morgan fingerprint density at radius 3 is 1.63 bits per heavy atom. The van der Waals surface area contributed by atoms with Gasteiger partial charge in [-0.05, 0) is 67.6 Å². The van der Waals surface area contributed by atoms with Crippen LogP contribution >= 0.6 is 0 Å². The smallest absolute Gasteiger partial charge is 0.240 e. The fourth-order valence-corrected chi connectivity index (χ4v) is 2.92. The van der Waals surface area contributed by atoms with Gasteiger partial charge in [-0.3, -0.25) is 14.4 Å². The van der Waals surface area contributed by atoms with Crippen LogP contribution in [-0.2, 0) is 9.59 Å². The first-order valence-corrected chi connectivity index (χ1v) is 9.16. The van der Waals surface area contributed by atoms with E-state index in [1.54, 1.807) is 24.3 Å². The summed E-state index contributed by atoms with van der Waals surface area (Å²) in [6, 6.07) is 14.4. The molecule has 2 aromatic carbocycles. The van der Waals surface area contributed by atoms with Gasteiger partial charge in [0.1, 0.15) is 5.41 Å². The molecular formula is C22H24N2O3. The molecule has 0 aromatic heterocycles. The Morgan fingerprint density at radius 2 is 1.26 bits per heavy atom. The van der Waals surface area contributed by atoms with Crippen molar-refractivity contribution in [2.24, 2.45) is 5.41 Å². The Balaban J connectivity index is 1.65. The van der Waals surface area contributed by atoms with Crippen LogP contribution in [0.4, 0.5) is 11.4 Å².